The molecule has 6 nitrogen and oxygen atoms in total. The largest absolute Gasteiger partial charge is 0.368 e. The number of rotatable bonds is 1. The first kappa shape index (κ1) is 12.3. The molecular weight excluding hydrogens is 251 g/mol. The van der Waals surface area contributed by atoms with Crippen LogP contribution < -0.4 is 4.90 Å². The predicted molar refractivity (Wildman–Crippen MR) is 65.1 cm³/mol. The number of carbonyl (C=O) groups excluding carboxylic acids is 1. The average Bonchev–Trinajstić information content (AvgIpc) is 2.36. The van der Waals surface area contributed by atoms with Crippen molar-refractivity contribution in [3.63, 3.8) is 0 Å². The third-order valence-electron chi connectivity index (χ3n) is 3.60. The second kappa shape index (κ2) is 4.41. The Kier molecular flexibility index (Phi) is 2.85. The fourth-order valence-electron chi connectivity index (χ4n) is 2.61. The van der Waals surface area contributed by atoms with Gasteiger partial charge in [-0.25, -0.2) is 9.97 Å². The van der Waals surface area contributed by atoms with Gasteiger partial charge in [-0.1, -0.05) is 0 Å². The molecule has 3 heterocycles. The molecule has 0 unspecified atom stereocenters. The third-order valence-corrected chi connectivity index (χ3v) is 3.60. The molecule has 19 heavy (non-hydrogen) atoms. The van der Waals surface area contributed by atoms with Gasteiger partial charge in [-0.15, -0.1) is 0 Å². The molecule has 0 radical (unpaired) electrons. The molecule has 1 spiro atoms. The zero-order valence-electron chi connectivity index (χ0n) is 10.7. The normalized spacial score (nSPS) is 21.4. The van der Waals surface area contributed by atoms with Gasteiger partial charge in [0.2, 0.25) is 11.9 Å². The van der Waals surface area contributed by atoms with E-state index in [0.717, 1.165) is 0 Å². The number of hydrogen-bond donors (Lipinski definition) is 0. The van der Waals surface area contributed by atoms with Gasteiger partial charge in [0.05, 0.1) is 26.2 Å². The number of aromatic nitrogens is 2. The number of carbonyl (C=O) groups is 1. The Morgan fingerprint density at radius 1 is 1.42 bits per heavy atom. The molecule has 2 aliphatic heterocycles. The molecule has 1 aromatic rings. The Hall–Kier alpha value is -1.76. The smallest absolute Gasteiger partial charge is 0.219 e. The van der Waals surface area contributed by atoms with Gasteiger partial charge in [-0.2, -0.15) is 4.39 Å². The lowest BCUT2D eigenvalue weighted by Gasteiger charge is -2.54. The summed E-state index contributed by atoms with van der Waals surface area (Å²) in [6.07, 6.45) is 1.21. The van der Waals surface area contributed by atoms with Crippen molar-refractivity contribution >= 4 is 11.7 Å². The second-order valence-corrected chi connectivity index (χ2v) is 5.03. The summed E-state index contributed by atoms with van der Waals surface area (Å²) in [5, 5.41) is 0. The SMILES string of the molecule is CC(=O)N1CCOC2(C1)CN(c1cc(F)ncn1)C2. The molecule has 0 atom stereocenters. The van der Waals surface area contributed by atoms with E-state index >= 15 is 0 Å². The van der Waals surface area contributed by atoms with Gasteiger partial charge in [0.15, 0.2) is 0 Å². The molecule has 1 aromatic heterocycles. The van der Waals surface area contributed by atoms with Gasteiger partial charge in [0.1, 0.15) is 17.7 Å². The van der Waals surface area contributed by atoms with Gasteiger partial charge >= 0.3 is 0 Å². The van der Waals surface area contributed by atoms with Crippen LogP contribution in [0.5, 0.6) is 0 Å². The van der Waals surface area contributed by atoms with Gasteiger partial charge in [0.25, 0.3) is 0 Å². The molecule has 3 rings (SSSR count). The van der Waals surface area contributed by atoms with E-state index in [-0.39, 0.29) is 11.5 Å². The van der Waals surface area contributed by atoms with Crippen molar-refractivity contribution in [1.82, 2.24) is 14.9 Å². The first-order chi connectivity index (χ1) is 9.08. The first-order valence-electron chi connectivity index (χ1n) is 6.20. The maximum atomic E-state index is 13.0. The van der Waals surface area contributed by atoms with E-state index in [2.05, 4.69) is 9.97 Å². The highest BCUT2D eigenvalue weighted by atomic mass is 19.1. The van der Waals surface area contributed by atoms with Crippen molar-refractivity contribution in [3.05, 3.63) is 18.3 Å². The van der Waals surface area contributed by atoms with Crippen LogP contribution in [-0.4, -0.2) is 59.2 Å². The average molecular weight is 266 g/mol. The van der Waals surface area contributed by atoms with Crippen LogP contribution in [0.4, 0.5) is 10.2 Å². The lowest BCUT2D eigenvalue weighted by Crippen LogP contribution is -2.70. The van der Waals surface area contributed by atoms with Gasteiger partial charge in [-0.3, -0.25) is 4.79 Å². The van der Waals surface area contributed by atoms with E-state index in [1.807, 2.05) is 4.90 Å². The molecule has 7 heteroatoms. The molecule has 0 bridgehead atoms. The lowest BCUT2D eigenvalue weighted by atomic mass is 9.91. The summed E-state index contributed by atoms with van der Waals surface area (Å²) < 4.78 is 18.8. The highest BCUT2D eigenvalue weighted by Gasteiger charge is 2.48. The topological polar surface area (TPSA) is 58.6 Å². The first-order valence-corrected chi connectivity index (χ1v) is 6.20. The number of ether oxygens (including phenoxy) is 1. The summed E-state index contributed by atoms with van der Waals surface area (Å²) in [6.45, 7) is 4.58. The van der Waals surface area contributed by atoms with Crippen LogP contribution in [0.1, 0.15) is 6.92 Å². The fourth-order valence-corrected chi connectivity index (χ4v) is 2.61. The highest BCUT2D eigenvalue weighted by Crippen LogP contribution is 2.32. The van der Waals surface area contributed by atoms with E-state index in [1.54, 1.807) is 11.8 Å². The van der Waals surface area contributed by atoms with Gasteiger partial charge in [-0.05, 0) is 0 Å². The van der Waals surface area contributed by atoms with Crippen LogP contribution in [0.15, 0.2) is 12.4 Å². The lowest BCUT2D eigenvalue weighted by molar-refractivity contribution is -0.153. The predicted octanol–water partition coefficient (Wildman–Crippen LogP) is 0.0532. The maximum absolute atomic E-state index is 13.0. The Labute approximate surface area is 110 Å². The van der Waals surface area contributed by atoms with Crippen LogP contribution >= 0.6 is 0 Å². The Bertz CT molecular complexity index is 504. The molecule has 2 aliphatic rings. The van der Waals surface area contributed by atoms with Crippen LogP contribution in [0.2, 0.25) is 0 Å². The molecule has 1 amide bonds. The number of anilines is 1. The van der Waals surface area contributed by atoms with Gasteiger partial charge < -0.3 is 14.5 Å². The summed E-state index contributed by atoms with van der Waals surface area (Å²) >= 11 is 0. The van der Waals surface area contributed by atoms with Gasteiger partial charge in [0, 0.05) is 19.5 Å². The van der Waals surface area contributed by atoms with E-state index in [9.17, 15) is 9.18 Å². The van der Waals surface area contributed by atoms with Crippen LogP contribution in [-0.2, 0) is 9.53 Å². The van der Waals surface area contributed by atoms with Crippen molar-refractivity contribution in [3.8, 4) is 0 Å². The van der Waals surface area contributed by atoms with E-state index < -0.39 is 5.95 Å². The fraction of sp³-hybridized carbons (Fsp3) is 0.583. The molecule has 0 aromatic carbocycles. The van der Waals surface area contributed by atoms with Crippen LogP contribution in [0.3, 0.4) is 0 Å². The maximum Gasteiger partial charge on any atom is 0.219 e. The quantitative estimate of drug-likeness (QED) is 0.672. The Morgan fingerprint density at radius 2 is 2.21 bits per heavy atom. The van der Waals surface area contributed by atoms with E-state index in [1.165, 1.54) is 12.4 Å². The number of nitrogens with zero attached hydrogens (tertiary/aromatic N) is 4. The van der Waals surface area contributed by atoms with Crippen molar-refractivity contribution < 1.29 is 13.9 Å². The standard InChI is InChI=1S/C12H15FN4O2/c1-9(18)16-2-3-19-12(5-16)6-17(7-12)11-4-10(13)14-8-15-11/h4,8H,2-3,5-7H2,1H3. The zero-order valence-corrected chi connectivity index (χ0v) is 10.7. The third kappa shape index (κ3) is 2.25. The van der Waals surface area contributed by atoms with Crippen molar-refractivity contribution in [1.29, 1.82) is 0 Å². The minimum Gasteiger partial charge on any atom is -0.368 e. The second-order valence-electron chi connectivity index (χ2n) is 5.03. The molecule has 2 saturated heterocycles. The highest BCUT2D eigenvalue weighted by molar-refractivity contribution is 5.73. The molecular formula is C12H15FN4O2. The van der Waals surface area contributed by atoms with Crippen LogP contribution in [0, 0.1) is 5.95 Å². The van der Waals surface area contributed by atoms with Crippen molar-refractivity contribution in [2.45, 2.75) is 12.5 Å². The number of hydrogen-bond acceptors (Lipinski definition) is 5. The summed E-state index contributed by atoms with van der Waals surface area (Å²) in [5.74, 6) is 0.0803. The van der Waals surface area contributed by atoms with Crippen molar-refractivity contribution in [2.24, 2.45) is 0 Å². The number of amides is 1. The molecule has 0 N–H and O–H groups in total. The minimum atomic E-state index is -0.541. The molecule has 2 fully saturated rings. The number of halogens is 1. The minimum absolute atomic E-state index is 0.0641. The molecule has 0 aliphatic carbocycles. The summed E-state index contributed by atoms with van der Waals surface area (Å²) in [4.78, 5) is 22.6. The van der Waals surface area contributed by atoms with Crippen LogP contribution in [0.25, 0.3) is 0 Å². The monoisotopic (exact) mass is 266 g/mol. The Morgan fingerprint density at radius 3 is 2.89 bits per heavy atom. The summed E-state index contributed by atoms with van der Waals surface area (Å²) in [7, 11) is 0. The molecule has 102 valence electrons. The number of morpholine rings is 1. The van der Waals surface area contributed by atoms with Crippen molar-refractivity contribution in [2.75, 3.05) is 37.7 Å². The van der Waals surface area contributed by atoms with E-state index in [0.29, 0.717) is 38.6 Å². The van der Waals surface area contributed by atoms with E-state index in [4.69, 9.17) is 4.74 Å². The summed E-state index contributed by atoms with van der Waals surface area (Å²) in [5.41, 5.74) is -0.328. The summed E-state index contributed by atoms with van der Waals surface area (Å²) in [6, 6.07) is 1.30. The Balaban J connectivity index is 1.67. The zero-order chi connectivity index (χ0) is 13.5. The molecule has 0 saturated carbocycles.